The van der Waals surface area contributed by atoms with Crippen LogP contribution >= 0.6 is 0 Å². The van der Waals surface area contributed by atoms with E-state index in [1.807, 2.05) is 38.1 Å². The highest BCUT2D eigenvalue weighted by Crippen LogP contribution is 2.31. The van der Waals surface area contributed by atoms with Crippen LogP contribution in [0.3, 0.4) is 0 Å². The first-order valence-corrected chi connectivity index (χ1v) is 4.31. The molecule has 2 nitrogen and oxygen atoms in total. The lowest BCUT2D eigenvalue weighted by atomic mass is 10.1. The van der Waals surface area contributed by atoms with Crippen LogP contribution in [0.25, 0.3) is 5.57 Å². The Bertz CT molecular complexity index is 405. The molecule has 1 heterocycles. The summed E-state index contributed by atoms with van der Waals surface area (Å²) in [5.74, 6) is 0.00287. The van der Waals surface area contributed by atoms with Gasteiger partial charge in [-0.05, 0) is 25.5 Å². The Kier molecular flexibility index (Phi) is 1.69. The van der Waals surface area contributed by atoms with Crippen molar-refractivity contribution in [2.45, 2.75) is 13.8 Å². The average Bonchev–Trinajstić information content (AvgIpc) is 2.39. The molecule has 1 aromatic carbocycles. The maximum atomic E-state index is 11.4. The van der Waals surface area contributed by atoms with Gasteiger partial charge in [0.1, 0.15) is 0 Å². The van der Waals surface area contributed by atoms with Crippen molar-refractivity contribution >= 4 is 17.2 Å². The number of nitrogens with one attached hydrogen (secondary N) is 1. The number of aryl methyl sites for hydroxylation is 1. The van der Waals surface area contributed by atoms with Gasteiger partial charge in [0.25, 0.3) is 5.91 Å². The van der Waals surface area contributed by atoms with Crippen LogP contribution in [0.15, 0.2) is 24.3 Å². The molecule has 0 radical (unpaired) electrons. The van der Waals surface area contributed by atoms with Gasteiger partial charge in [-0.2, -0.15) is 0 Å². The summed E-state index contributed by atoms with van der Waals surface area (Å²) in [6, 6.07) is 5.99. The molecule has 0 saturated heterocycles. The Labute approximate surface area is 77.3 Å². The van der Waals surface area contributed by atoms with Gasteiger partial charge in [0, 0.05) is 16.8 Å². The maximum Gasteiger partial charge on any atom is 0.256 e. The molecule has 1 amide bonds. The lowest BCUT2D eigenvalue weighted by Gasteiger charge is -1.98. The van der Waals surface area contributed by atoms with Crippen molar-refractivity contribution in [3.63, 3.8) is 0 Å². The standard InChI is InChI=1S/C11H11NO/c1-3-8-9-5-4-7(2)6-10(9)12-11(8)13/h3-6H,1-2H3,(H,12,13)/b8-3-. The zero-order valence-electron chi connectivity index (χ0n) is 7.72. The van der Waals surface area contributed by atoms with E-state index in [0.717, 1.165) is 22.4 Å². The van der Waals surface area contributed by atoms with Crippen LogP contribution in [-0.4, -0.2) is 5.91 Å². The zero-order chi connectivity index (χ0) is 9.42. The maximum absolute atomic E-state index is 11.4. The second-order valence-corrected chi connectivity index (χ2v) is 3.21. The van der Waals surface area contributed by atoms with E-state index >= 15 is 0 Å². The fourth-order valence-electron chi connectivity index (χ4n) is 1.59. The van der Waals surface area contributed by atoms with E-state index in [1.165, 1.54) is 0 Å². The minimum atomic E-state index is 0.00287. The molecule has 0 atom stereocenters. The zero-order valence-corrected chi connectivity index (χ0v) is 7.72. The Balaban J connectivity index is 2.61. The molecule has 0 unspecified atom stereocenters. The number of hydrogen-bond acceptors (Lipinski definition) is 1. The molecule has 1 aromatic rings. The molecule has 0 spiro atoms. The first kappa shape index (κ1) is 8.05. The molecule has 0 aliphatic carbocycles. The van der Waals surface area contributed by atoms with Gasteiger partial charge in [0.05, 0.1) is 0 Å². The Morgan fingerprint density at radius 1 is 1.38 bits per heavy atom. The summed E-state index contributed by atoms with van der Waals surface area (Å²) < 4.78 is 0. The summed E-state index contributed by atoms with van der Waals surface area (Å²) in [5, 5.41) is 2.83. The molecule has 0 fully saturated rings. The lowest BCUT2D eigenvalue weighted by Crippen LogP contribution is -2.03. The van der Waals surface area contributed by atoms with E-state index in [4.69, 9.17) is 0 Å². The highest BCUT2D eigenvalue weighted by atomic mass is 16.1. The number of rotatable bonds is 0. The van der Waals surface area contributed by atoms with Crippen molar-refractivity contribution in [3.05, 3.63) is 35.4 Å². The van der Waals surface area contributed by atoms with Crippen molar-refractivity contribution in [2.24, 2.45) is 0 Å². The topological polar surface area (TPSA) is 29.1 Å². The summed E-state index contributed by atoms with van der Waals surface area (Å²) in [6.07, 6.45) is 1.84. The molecule has 13 heavy (non-hydrogen) atoms. The fourth-order valence-corrected chi connectivity index (χ4v) is 1.59. The molecule has 66 valence electrons. The van der Waals surface area contributed by atoms with Gasteiger partial charge in [-0.15, -0.1) is 0 Å². The van der Waals surface area contributed by atoms with Crippen LogP contribution in [0, 0.1) is 6.92 Å². The summed E-state index contributed by atoms with van der Waals surface area (Å²) in [7, 11) is 0. The monoisotopic (exact) mass is 173 g/mol. The van der Waals surface area contributed by atoms with Crippen LogP contribution in [0.2, 0.25) is 0 Å². The smallest absolute Gasteiger partial charge is 0.256 e. The summed E-state index contributed by atoms with van der Waals surface area (Å²) in [6.45, 7) is 3.89. The van der Waals surface area contributed by atoms with Crippen molar-refractivity contribution < 1.29 is 4.79 Å². The van der Waals surface area contributed by atoms with E-state index in [9.17, 15) is 4.79 Å². The van der Waals surface area contributed by atoms with E-state index in [1.54, 1.807) is 0 Å². The van der Waals surface area contributed by atoms with Crippen molar-refractivity contribution in [1.29, 1.82) is 0 Å². The number of allylic oxidation sites excluding steroid dienone is 1. The molecule has 2 heteroatoms. The molecule has 0 bridgehead atoms. The van der Waals surface area contributed by atoms with Crippen LogP contribution in [0.1, 0.15) is 18.1 Å². The molecule has 1 aliphatic heterocycles. The highest BCUT2D eigenvalue weighted by Gasteiger charge is 2.22. The average molecular weight is 173 g/mol. The first-order chi connectivity index (χ1) is 6.22. The third-order valence-electron chi connectivity index (χ3n) is 2.25. The molecular weight excluding hydrogens is 162 g/mol. The lowest BCUT2D eigenvalue weighted by molar-refractivity contribution is -0.110. The minimum absolute atomic E-state index is 0.00287. The number of amides is 1. The van der Waals surface area contributed by atoms with E-state index in [0.29, 0.717) is 0 Å². The van der Waals surface area contributed by atoms with Gasteiger partial charge in [0.15, 0.2) is 0 Å². The second kappa shape index (κ2) is 2.73. The van der Waals surface area contributed by atoms with Gasteiger partial charge in [0.2, 0.25) is 0 Å². The Morgan fingerprint density at radius 3 is 2.85 bits per heavy atom. The van der Waals surface area contributed by atoms with Gasteiger partial charge < -0.3 is 5.32 Å². The second-order valence-electron chi connectivity index (χ2n) is 3.21. The third kappa shape index (κ3) is 1.15. The SMILES string of the molecule is C/C=C1\C(=O)Nc2cc(C)ccc21. The van der Waals surface area contributed by atoms with Gasteiger partial charge >= 0.3 is 0 Å². The van der Waals surface area contributed by atoms with Crippen LogP contribution in [-0.2, 0) is 4.79 Å². The van der Waals surface area contributed by atoms with Gasteiger partial charge in [-0.25, -0.2) is 0 Å². The highest BCUT2D eigenvalue weighted by molar-refractivity contribution is 6.31. The number of carbonyl (C=O) groups excluding carboxylic acids is 1. The molecule has 2 rings (SSSR count). The normalized spacial score (nSPS) is 17.4. The molecule has 0 saturated carbocycles. The number of fused-ring (bicyclic) bond motifs is 1. The molecule has 1 aliphatic rings. The largest absolute Gasteiger partial charge is 0.321 e. The van der Waals surface area contributed by atoms with Crippen molar-refractivity contribution in [3.8, 4) is 0 Å². The summed E-state index contributed by atoms with van der Waals surface area (Å²) in [4.78, 5) is 11.4. The third-order valence-corrected chi connectivity index (χ3v) is 2.25. The summed E-state index contributed by atoms with van der Waals surface area (Å²) >= 11 is 0. The first-order valence-electron chi connectivity index (χ1n) is 4.31. The predicted molar refractivity (Wildman–Crippen MR) is 53.5 cm³/mol. The molecule has 1 N–H and O–H groups in total. The van der Waals surface area contributed by atoms with Crippen LogP contribution in [0.5, 0.6) is 0 Å². The quantitative estimate of drug-likeness (QED) is 0.599. The predicted octanol–water partition coefficient (Wildman–Crippen LogP) is 2.35. The van der Waals surface area contributed by atoms with Gasteiger partial charge in [-0.1, -0.05) is 18.2 Å². The van der Waals surface area contributed by atoms with E-state index < -0.39 is 0 Å². The number of benzene rings is 1. The molecular formula is C11H11NO. The fraction of sp³-hybridized carbons (Fsp3) is 0.182. The number of anilines is 1. The van der Waals surface area contributed by atoms with Crippen molar-refractivity contribution in [2.75, 3.05) is 5.32 Å². The van der Waals surface area contributed by atoms with Crippen LogP contribution < -0.4 is 5.32 Å². The van der Waals surface area contributed by atoms with Crippen LogP contribution in [0.4, 0.5) is 5.69 Å². The Hall–Kier alpha value is -1.57. The Morgan fingerprint density at radius 2 is 2.15 bits per heavy atom. The van der Waals surface area contributed by atoms with Gasteiger partial charge in [-0.3, -0.25) is 4.79 Å². The minimum Gasteiger partial charge on any atom is -0.321 e. The van der Waals surface area contributed by atoms with E-state index in [-0.39, 0.29) is 5.91 Å². The number of hydrogen-bond donors (Lipinski definition) is 1. The van der Waals surface area contributed by atoms with E-state index in [2.05, 4.69) is 5.32 Å². The summed E-state index contributed by atoms with van der Waals surface area (Å²) in [5.41, 5.74) is 3.88. The van der Waals surface area contributed by atoms with Crippen molar-refractivity contribution in [1.82, 2.24) is 0 Å². The molecule has 0 aromatic heterocycles. The number of carbonyl (C=O) groups is 1.